The van der Waals surface area contributed by atoms with Crippen molar-refractivity contribution in [3.8, 4) is 5.75 Å². The smallest absolute Gasteiger partial charge is 0.265 e. The van der Waals surface area contributed by atoms with Crippen LogP contribution in [0.25, 0.3) is 0 Å². The lowest BCUT2D eigenvalue weighted by Crippen LogP contribution is -2.36. The van der Waals surface area contributed by atoms with Gasteiger partial charge in [0, 0.05) is 4.47 Å². The van der Waals surface area contributed by atoms with Gasteiger partial charge in [0.25, 0.3) is 5.91 Å². The van der Waals surface area contributed by atoms with Crippen molar-refractivity contribution in [2.45, 2.75) is 26.4 Å². The zero-order chi connectivity index (χ0) is 11.0. The fraction of sp³-hybridized carbons (Fsp3) is 0.364. The van der Waals surface area contributed by atoms with Gasteiger partial charge in [0.1, 0.15) is 5.75 Å². The Morgan fingerprint density at radius 1 is 1.53 bits per heavy atom. The Balaban J connectivity index is 2.45. The Bertz CT molecular complexity index is 417. The number of ether oxygens (including phenoxy) is 1. The van der Waals surface area contributed by atoms with Gasteiger partial charge < -0.3 is 10.1 Å². The maximum atomic E-state index is 11.6. The topological polar surface area (TPSA) is 38.3 Å². The Morgan fingerprint density at radius 2 is 2.27 bits per heavy atom. The van der Waals surface area contributed by atoms with E-state index in [1.807, 2.05) is 26.0 Å². The molecule has 0 bridgehead atoms. The van der Waals surface area contributed by atoms with Crippen LogP contribution in [-0.2, 0) is 4.79 Å². The summed E-state index contributed by atoms with van der Waals surface area (Å²) >= 11 is 3.42. The van der Waals surface area contributed by atoms with Crippen LogP contribution in [0.5, 0.6) is 5.75 Å². The largest absolute Gasteiger partial charge is 0.478 e. The van der Waals surface area contributed by atoms with Crippen molar-refractivity contribution in [3.05, 3.63) is 22.2 Å². The zero-order valence-electron chi connectivity index (χ0n) is 8.63. The van der Waals surface area contributed by atoms with Gasteiger partial charge in [-0.2, -0.15) is 0 Å². The molecule has 0 radical (unpaired) electrons. The fourth-order valence-corrected chi connectivity index (χ4v) is 1.92. The van der Waals surface area contributed by atoms with Crippen LogP contribution in [0.15, 0.2) is 16.6 Å². The quantitative estimate of drug-likeness (QED) is 0.852. The van der Waals surface area contributed by atoms with Crippen molar-refractivity contribution in [2.24, 2.45) is 0 Å². The third-order valence-electron chi connectivity index (χ3n) is 2.54. The van der Waals surface area contributed by atoms with Gasteiger partial charge in [0.15, 0.2) is 6.10 Å². The van der Waals surface area contributed by atoms with Gasteiger partial charge >= 0.3 is 0 Å². The van der Waals surface area contributed by atoms with Crippen LogP contribution >= 0.6 is 15.9 Å². The average molecular weight is 270 g/mol. The second-order valence-corrected chi connectivity index (χ2v) is 4.40. The molecule has 1 atom stereocenters. The van der Waals surface area contributed by atoms with Gasteiger partial charge in [-0.05, 0) is 31.0 Å². The van der Waals surface area contributed by atoms with Crippen LogP contribution < -0.4 is 10.1 Å². The fourth-order valence-electron chi connectivity index (χ4n) is 1.59. The number of halogens is 1. The highest BCUT2D eigenvalue weighted by Crippen LogP contribution is 2.36. The molecule has 1 heterocycles. The standard InChI is InChI=1S/C11H12BrNO2/c1-3-8-11(14)13-10-6(2)7(12)4-5-9(10)15-8/h4-5,8H,3H2,1-2H3,(H,13,14). The molecule has 2 rings (SSSR count). The number of anilines is 1. The molecule has 1 unspecified atom stereocenters. The van der Waals surface area contributed by atoms with Crippen LogP contribution in [0.3, 0.4) is 0 Å². The first-order valence-electron chi connectivity index (χ1n) is 4.90. The Labute approximate surface area is 96.9 Å². The molecule has 0 fully saturated rings. The van der Waals surface area contributed by atoms with E-state index in [1.54, 1.807) is 0 Å². The summed E-state index contributed by atoms with van der Waals surface area (Å²) < 4.78 is 6.57. The number of fused-ring (bicyclic) bond motifs is 1. The molecule has 0 aliphatic carbocycles. The summed E-state index contributed by atoms with van der Waals surface area (Å²) in [6.07, 6.45) is 0.318. The van der Waals surface area contributed by atoms with E-state index in [0.717, 1.165) is 21.5 Å². The number of hydrogen-bond acceptors (Lipinski definition) is 2. The number of hydrogen-bond donors (Lipinski definition) is 1. The van der Waals surface area contributed by atoms with Gasteiger partial charge in [-0.1, -0.05) is 22.9 Å². The summed E-state index contributed by atoms with van der Waals surface area (Å²) in [6.45, 7) is 3.87. The molecule has 0 spiro atoms. The molecule has 1 aromatic rings. The molecule has 80 valence electrons. The van der Waals surface area contributed by atoms with Crippen molar-refractivity contribution in [1.82, 2.24) is 0 Å². The first-order valence-corrected chi connectivity index (χ1v) is 5.69. The molecule has 1 aliphatic rings. The number of amides is 1. The number of rotatable bonds is 1. The highest BCUT2D eigenvalue weighted by molar-refractivity contribution is 9.10. The number of benzene rings is 1. The lowest BCUT2D eigenvalue weighted by Gasteiger charge is -2.26. The van der Waals surface area contributed by atoms with Crippen molar-refractivity contribution in [1.29, 1.82) is 0 Å². The molecule has 1 aliphatic heterocycles. The molecule has 4 heteroatoms. The minimum atomic E-state index is -0.363. The molecule has 1 N–H and O–H groups in total. The van der Waals surface area contributed by atoms with Gasteiger partial charge in [-0.15, -0.1) is 0 Å². The highest BCUT2D eigenvalue weighted by Gasteiger charge is 2.27. The summed E-state index contributed by atoms with van der Waals surface area (Å²) in [5.74, 6) is 0.688. The van der Waals surface area contributed by atoms with E-state index in [-0.39, 0.29) is 12.0 Å². The first-order chi connectivity index (χ1) is 7.13. The number of carbonyl (C=O) groups is 1. The van der Waals surface area contributed by atoms with Crippen molar-refractivity contribution in [3.63, 3.8) is 0 Å². The summed E-state index contributed by atoms with van der Waals surface area (Å²) in [7, 11) is 0. The van der Waals surface area contributed by atoms with Crippen molar-refractivity contribution < 1.29 is 9.53 Å². The molecule has 0 saturated heterocycles. The van der Waals surface area contributed by atoms with Gasteiger partial charge in [0.05, 0.1) is 5.69 Å². The third kappa shape index (κ3) is 1.74. The van der Waals surface area contributed by atoms with Crippen LogP contribution in [0.2, 0.25) is 0 Å². The molecule has 0 aromatic heterocycles. The van der Waals surface area contributed by atoms with Crippen LogP contribution in [-0.4, -0.2) is 12.0 Å². The minimum Gasteiger partial charge on any atom is -0.478 e. The van der Waals surface area contributed by atoms with E-state index in [2.05, 4.69) is 21.2 Å². The van der Waals surface area contributed by atoms with Crippen molar-refractivity contribution in [2.75, 3.05) is 5.32 Å². The summed E-state index contributed by atoms with van der Waals surface area (Å²) in [4.78, 5) is 11.6. The second kappa shape index (κ2) is 3.85. The molecule has 1 amide bonds. The maximum Gasteiger partial charge on any atom is 0.265 e. The van der Waals surface area contributed by atoms with E-state index in [4.69, 9.17) is 4.74 Å². The molecular weight excluding hydrogens is 258 g/mol. The van der Waals surface area contributed by atoms with Gasteiger partial charge in [0.2, 0.25) is 0 Å². The number of carbonyl (C=O) groups excluding carboxylic acids is 1. The molecule has 1 aromatic carbocycles. The van der Waals surface area contributed by atoms with Gasteiger partial charge in [-0.25, -0.2) is 0 Å². The lowest BCUT2D eigenvalue weighted by atomic mass is 10.1. The van der Waals surface area contributed by atoms with E-state index in [0.29, 0.717) is 6.42 Å². The van der Waals surface area contributed by atoms with Crippen molar-refractivity contribution >= 4 is 27.5 Å². The Hall–Kier alpha value is -1.03. The first kappa shape index (κ1) is 10.5. The Kier molecular flexibility index (Phi) is 2.69. The minimum absolute atomic E-state index is 0.0637. The van der Waals surface area contributed by atoms with Gasteiger partial charge in [-0.3, -0.25) is 4.79 Å². The van der Waals surface area contributed by atoms with E-state index in [1.165, 1.54) is 0 Å². The average Bonchev–Trinajstić information content (AvgIpc) is 2.24. The molecular formula is C11H12BrNO2. The third-order valence-corrected chi connectivity index (χ3v) is 3.40. The molecule has 15 heavy (non-hydrogen) atoms. The Morgan fingerprint density at radius 3 is 2.93 bits per heavy atom. The van der Waals surface area contributed by atoms with Crippen LogP contribution in [0.1, 0.15) is 18.9 Å². The summed E-state index contributed by atoms with van der Waals surface area (Å²) in [5, 5.41) is 2.88. The summed E-state index contributed by atoms with van der Waals surface area (Å²) in [6, 6.07) is 3.80. The predicted octanol–water partition coefficient (Wildman–Crippen LogP) is 2.87. The van der Waals surface area contributed by atoms with E-state index < -0.39 is 0 Å². The normalized spacial score (nSPS) is 19.1. The van der Waals surface area contributed by atoms with Crippen LogP contribution in [0, 0.1) is 6.92 Å². The predicted molar refractivity (Wildman–Crippen MR) is 62.2 cm³/mol. The van der Waals surface area contributed by atoms with E-state index in [9.17, 15) is 4.79 Å². The monoisotopic (exact) mass is 269 g/mol. The zero-order valence-corrected chi connectivity index (χ0v) is 10.2. The maximum absolute atomic E-state index is 11.6. The summed E-state index contributed by atoms with van der Waals surface area (Å²) in [5.41, 5.74) is 1.77. The molecule has 3 nitrogen and oxygen atoms in total. The highest BCUT2D eigenvalue weighted by atomic mass is 79.9. The lowest BCUT2D eigenvalue weighted by molar-refractivity contribution is -0.123. The SMILES string of the molecule is CCC1Oc2ccc(Br)c(C)c2NC1=O. The van der Waals surface area contributed by atoms with Crippen LogP contribution in [0.4, 0.5) is 5.69 Å². The van der Waals surface area contributed by atoms with E-state index >= 15 is 0 Å². The molecule has 0 saturated carbocycles. The number of nitrogens with one attached hydrogen (secondary N) is 1. The second-order valence-electron chi connectivity index (χ2n) is 3.55.